The van der Waals surface area contributed by atoms with Crippen LogP contribution in [0.3, 0.4) is 0 Å². The number of para-hydroxylation sites is 3. The highest BCUT2D eigenvalue weighted by Gasteiger charge is 2.27. The quantitative estimate of drug-likeness (QED) is 0.180. The molecule has 9 heteroatoms. The van der Waals surface area contributed by atoms with Crippen LogP contribution in [-0.2, 0) is 0 Å². The van der Waals surface area contributed by atoms with Crippen molar-refractivity contribution in [2.45, 2.75) is 0 Å². The number of pyridine rings is 4. The summed E-state index contributed by atoms with van der Waals surface area (Å²) in [5, 5.41) is 26.6. The van der Waals surface area contributed by atoms with Gasteiger partial charge in [0.25, 0.3) is 0 Å². The molecule has 0 amide bonds. The summed E-state index contributed by atoms with van der Waals surface area (Å²) in [6, 6.07) is 43.1. The van der Waals surface area contributed by atoms with Gasteiger partial charge in [-0.15, -0.1) is 0 Å². The van der Waals surface area contributed by atoms with Gasteiger partial charge in [-0.2, -0.15) is 10.5 Å². The molecule has 0 aliphatic heterocycles. The average Bonchev–Trinajstić information content (AvgIpc) is 3.89. The van der Waals surface area contributed by atoms with Gasteiger partial charge in [0.05, 0.1) is 68.5 Å². The Balaban J connectivity index is 1.40. The maximum absolute atomic E-state index is 10.3. The zero-order chi connectivity index (χ0) is 36.6. The summed E-state index contributed by atoms with van der Waals surface area (Å²) < 4.78 is 6.58. The summed E-state index contributed by atoms with van der Waals surface area (Å²) in [6.45, 7) is 0. The van der Waals surface area contributed by atoms with E-state index < -0.39 is 0 Å². The van der Waals surface area contributed by atoms with E-state index >= 15 is 0 Å². The molecule has 55 heavy (non-hydrogen) atoms. The smallest absolute Gasteiger partial charge is 0.165 e. The zero-order valence-electron chi connectivity index (χ0n) is 29.0. The highest BCUT2D eigenvalue weighted by atomic mass is 15.2. The van der Waals surface area contributed by atoms with Crippen LogP contribution in [0.4, 0.5) is 0 Å². The van der Waals surface area contributed by atoms with Crippen LogP contribution in [0.2, 0.25) is 0 Å². The maximum Gasteiger partial charge on any atom is 0.165 e. The van der Waals surface area contributed by atoms with Crippen LogP contribution in [0.25, 0.3) is 93.9 Å². The average molecular weight is 704 g/mol. The third-order valence-electron chi connectivity index (χ3n) is 10.6. The number of nitriles is 2. The van der Waals surface area contributed by atoms with Gasteiger partial charge < -0.3 is 4.57 Å². The van der Waals surface area contributed by atoms with E-state index in [4.69, 9.17) is 4.98 Å². The Kier molecular flexibility index (Phi) is 6.48. The molecule has 0 unspecified atom stereocenters. The second kappa shape index (κ2) is 11.7. The number of hydrogen-bond donors (Lipinski definition) is 0. The lowest BCUT2D eigenvalue weighted by atomic mass is 9.98. The molecule has 0 aliphatic rings. The van der Waals surface area contributed by atoms with Gasteiger partial charge in [-0.1, -0.05) is 60.7 Å². The standard InChI is InChI=1S/C46H25N9/c47-23-29-14-13-28(21-30(29)24-48)37-22-44(53-38-10-4-1-7-31(38)34-15-18-49-25-41(34)53)52-46(55-40-12-6-3-9-33(40)36-17-20-51-27-43(36)55)45(37)54-39-11-5-2-8-32(39)35-16-19-50-26-42(35)54/h1-22,25-27H. The fourth-order valence-corrected chi connectivity index (χ4v) is 8.29. The number of nitrogens with zero attached hydrogens (tertiary/aromatic N) is 9. The van der Waals surface area contributed by atoms with Gasteiger partial charge in [-0.25, -0.2) is 4.98 Å². The molecular formula is C46H25N9. The van der Waals surface area contributed by atoms with Crippen LogP contribution in [-0.4, -0.2) is 33.6 Å². The van der Waals surface area contributed by atoms with Crippen LogP contribution in [0.15, 0.2) is 152 Å². The van der Waals surface area contributed by atoms with Gasteiger partial charge in [0, 0.05) is 56.5 Å². The van der Waals surface area contributed by atoms with E-state index in [1.54, 1.807) is 12.1 Å². The first kappa shape index (κ1) is 30.5. The van der Waals surface area contributed by atoms with Gasteiger partial charge in [0.2, 0.25) is 0 Å². The van der Waals surface area contributed by atoms with E-state index in [0.717, 1.165) is 82.2 Å². The molecule has 0 radical (unpaired) electrons. The van der Waals surface area contributed by atoms with Crippen LogP contribution in [0.1, 0.15) is 11.1 Å². The van der Waals surface area contributed by atoms with E-state index in [9.17, 15) is 10.5 Å². The molecule has 11 rings (SSSR count). The zero-order valence-corrected chi connectivity index (χ0v) is 29.0. The summed E-state index contributed by atoms with van der Waals surface area (Å²) in [5.41, 5.74) is 8.54. The minimum atomic E-state index is 0.289. The van der Waals surface area contributed by atoms with Crippen LogP contribution < -0.4 is 0 Å². The van der Waals surface area contributed by atoms with Crippen molar-refractivity contribution in [3.05, 3.63) is 164 Å². The minimum Gasteiger partial charge on any atom is -0.304 e. The lowest BCUT2D eigenvalue weighted by Gasteiger charge is -2.22. The van der Waals surface area contributed by atoms with Gasteiger partial charge in [-0.3, -0.25) is 24.1 Å². The first-order valence-corrected chi connectivity index (χ1v) is 17.7. The first-order chi connectivity index (χ1) is 27.2. The molecule has 0 N–H and O–H groups in total. The Bertz CT molecular complexity index is 3320. The van der Waals surface area contributed by atoms with Crippen molar-refractivity contribution in [2.24, 2.45) is 0 Å². The summed E-state index contributed by atoms with van der Waals surface area (Å²) >= 11 is 0. The van der Waals surface area contributed by atoms with Crippen LogP contribution >= 0.6 is 0 Å². The van der Waals surface area contributed by atoms with Crippen LogP contribution in [0.5, 0.6) is 0 Å². The molecule has 0 saturated heterocycles. The molecule has 4 aromatic carbocycles. The number of benzene rings is 4. The third-order valence-corrected chi connectivity index (χ3v) is 10.6. The van der Waals surface area contributed by atoms with Gasteiger partial charge in [0.1, 0.15) is 18.0 Å². The number of fused-ring (bicyclic) bond motifs is 9. The number of rotatable bonds is 4. The molecule has 0 atom stereocenters. The molecule has 0 bridgehead atoms. The van der Waals surface area contributed by atoms with Gasteiger partial charge in [-0.05, 0) is 60.2 Å². The molecular weight excluding hydrogens is 679 g/mol. The highest BCUT2D eigenvalue weighted by molar-refractivity contribution is 6.12. The van der Waals surface area contributed by atoms with Crippen molar-refractivity contribution in [1.29, 1.82) is 10.5 Å². The Hall–Kier alpha value is -8.14. The summed E-state index contributed by atoms with van der Waals surface area (Å²) in [6.07, 6.45) is 11.1. The van der Waals surface area contributed by atoms with E-state index in [1.807, 2.05) is 97.8 Å². The molecule has 0 fully saturated rings. The third kappa shape index (κ3) is 4.32. The van der Waals surface area contributed by atoms with Crippen LogP contribution in [0, 0.1) is 22.7 Å². The number of aromatic nitrogens is 7. The SMILES string of the molecule is N#Cc1ccc(-c2cc(-n3c4ccccc4c4ccncc43)nc(-n3c4ccccc4c4ccncc43)c2-n2c3ccccc3c3ccncc32)cc1C#N. The Morgan fingerprint density at radius 2 is 0.909 bits per heavy atom. The second-order valence-electron chi connectivity index (χ2n) is 13.4. The Morgan fingerprint density at radius 1 is 0.436 bits per heavy atom. The maximum atomic E-state index is 10.3. The highest BCUT2D eigenvalue weighted by Crippen LogP contribution is 2.43. The molecule has 254 valence electrons. The lowest BCUT2D eigenvalue weighted by molar-refractivity contribution is 0.981. The molecule has 0 spiro atoms. The van der Waals surface area contributed by atoms with E-state index in [2.05, 4.69) is 83.3 Å². The monoisotopic (exact) mass is 703 g/mol. The largest absolute Gasteiger partial charge is 0.304 e. The molecule has 0 saturated carbocycles. The molecule has 9 nitrogen and oxygen atoms in total. The predicted molar refractivity (Wildman–Crippen MR) is 216 cm³/mol. The number of hydrogen-bond acceptors (Lipinski definition) is 6. The van der Waals surface area contributed by atoms with E-state index in [-0.39, 0.29) is 5.56 Å². The first-order valence-electron chi connectivity index (χ1n) is 17.7. The topological polar surface area (TPSA) is 114 Å². The van der Waals surface area contributed by atoms with Crippen molar-refractivity contribution >= 4 is 65.4 Å². The van der Waals surface area contributed by atoms with Crippen molar-refractivity contribution in [2.75, 3.05) is 0 Å². The molecule has 0 aliphatic carbocycles. The van der Waals surface area contributed by atoms with E-state index in [1.165, 1.54) is 0 Å². The lowest BCUT2D eigenvalue weighted by Crippen LogP contribution is -2.11. The Morgan fingerprint density at radius 3 is 1.47 bits per heavy atom. The molecule has 7 aromatic heterocycles. The fraction of sp³-hybridized carbons (Fsp3) is 0. The van der Waals surface area contributed by atoms with Crippen molar-refractivity contribution in [3.63, 3.8) is 0 Å². The predicted octanol–water partition coefficient (Wildman–Crippen LogP) is 9.97. The van der Waals surface area contributed by atoms with Gasteiger partial charge in [0.15, 0.2) is 5.82 Å². The van der Waals surface area contributed by atoms with Crippen molar-refractivity contribution in [1.82, 2.24) is 33.6 Å². The molecule has 7 heterocycles. The summed E-state index contributed by atoms with van der Waals surface area (Å²) in [4.78, 5) is 19.5. The van der Waals surface area contributed by atoms with Gasteiger partial charge >= 0.3 is 0 Å². The second-order valence-corrected chi connectivity index (χ2v) is 13.4. The normalized spacial score (nSPS) is 11.6. The summed E-state index contributed by atoms with van der Waals surface area (Å²) in [5.74, 6) is 1.31. The molecule has 11 aromatic rings. The van der Waals surface area contributed by atoms with Crippen molar-refractivity contribution in [3.8, 4) is 40.6 Å². The summed E-state index contributed by atoms with van der Waals surface area (Å²) in [7, 11) is 0. The van der Waals surface area contributed by atoms with Crippen molar-refractivity contribution < 1.29 is 0 Å². The Labute approximate surface area is 312 Å². The fourth-order valence-electron chi connectivity index (χ4n) is 8.29. The minimum absolute atomic E-state index is 0.289. The van der Waals surface area contributed by atoms with E-state index in [0.29, 0.717) is 17.2 Å².